The largest absolute Gasteiger partial charge is 0.383 e. The van der Waals surface area contributed by atoms with Gasteiger partial charge in [0.15, 0.2) is 0 Å². The maximum absolute atomic E-state index is 11.7. The van der Waals surface area contributed by atoms with Crippen molar-refractivity contribution in [3.8, 4) is 0 Å². The van der Waals surface area contributed by atoms with Crippen LogP contribution in [0.1, 0.15) is 18.1 Å². The lowest BCUT2D eigenvalue weighted by molar-refractivity contribution is -0.119. The Hall–Kier alpha value is -1.00. The number of aryl methyl sites for hydroxylation is 2. The smallest absolute Gasteiger partial charge is 0.230 e. The Morgan fingerprint density at radius 1 is 1.44 bits per heavy atom. The van der Waals surface area contributed by atoms with Crippen LogP contribution in [0, 0.1) is 13.8 Å². The third kappa shape index (κ3) is 5.10. The third-order valence-electron chi connectivity index (χ3n) is 2.53. The van der Waals surface area contributed by atoms with Crippen LogP contribution in [0.4, 0.5) is 0 Å². The van der Waals surface area contributed by atoms with E-state index < -0.39 is 0 Å². The van der Waals surface area contributed by atoms with Crippen LogP contribution in [0.2, 0.25) is 0 Å². The third-order valence-corrected chi connectivity index (χ3v) is 3.68. The van der Waals surface area contributed by atoms with Crippen LogP contribution in [0.15, 0.2) is 23.1 Å². The van der Waals surface area contributed by atoms with Crippen LogP contribution in [-0.4, -0.2) is 31.4 Å². The van der Waals surface area contributed by atoms with E-state index in [4.69, 9.17) is 4.74 Å². The second-order valence-corrected chi connectivity index (χ2v) is 5.50. The molecule has 0 saturated heterocycles. The van der Waals surface area contributed by atoms with Crippen molar-refractivity contribution in [3.63, 3.8) is 0 Å². The number of nitrogens with one attached hydrogen (secondary N) is 1. The highest BCUT2D eigenvalue weighted by atomic mass is 32.2. The van der Waals surface area contributed by atoms with Crippen molar-refractivity contribution in [2.75, 3.05) is 19.5 Å². The van der Waals surface area contributed by atoms with Gasteiger partial charge in [-0.25, -0.2) is 0 Å². The molecular weight excluding hydrogens is 246 g/mol. The average Bonchev–Trinajstić information content (AvgIpc) is 2.30. The molecule has 1 rings (SSSR count). The highest BCUT2D eigenvalue weighted by Crippen LogP contribution is 2.23. The Balaban J connectivity index is 2.45. The van der Waals surface area contributed by atoms with Crippen LogP contribution in [0.5, 0.6) is 0 Å². The summed E-state index contributed by atoms with van der Waals surface area (Å²) in [4.78, 5) is 12.9. The number of hydrogen-bond donors (Lipinski definition) is 1. The summed E-state index contributed by atoms with van der Waals surface area (Å²) < 4.78 is 4.98. The number of ether oxygens (including phenoxy) is 1. The van der Waals surface area contributed by atoms with E-state index >= 15 is 0 Å². The highest BCUT2D eigenvalue weighted by Gasteiger charge is 2.08. The van der Waals surface area contributed by atoms with Gasteiger partial charge in [0, 0.05) is 18.0 Å². The molecule has 0 aliphatic rings. The molecule has 4 heteroatoms. The van der Waals surface area contributed by atoms with Gasteiger partial charge in [-0.3, -0.25) is 4.79 Å². The Bertz CT molecular complexity index is 407. The first-order valence-corrected chi connectivity index (χ1v) is 7.00. The zero-order chi connectivity index (χ0) is 13.5. The van der Waals surface area contributed by atoms with E-state index in [0.717, 1.165) is 0 Å². The number of rotatable bonds is 6. The Kier molecular flexibility index (Phi) is 6.22. The van der Waals surface area contributed by atoms with Gasteiger partial charge in [-0.2, -0.15) is 0 Å². The van der Waals surface area contributed by atoms with Crippen molar-refractivity contribution in [1.82, 2.24) is 5.32 Å². The van der Waals surface area contributed by atoms with E-state index in [0.29, 0.717) is 12.4 Å². The van der Waals surface area contributed by atoms with E-state index in [1.807, 2.05) is 6.92 Å². The van der Waals surface area contributed by atoms with Gasteiger partial charge in [0.25, 0.3) is 0 Å². The van der Waals surface area contributed by atoms with Crippen LogP contribution >= 0.6 is 11.8 Å². The standard InChI is InChI=1S/C14H21NO2S/c1-10-5-6-11(2)13(7-10)18-9-14(16)15-12(3)8-17-4/h5-7,12H,8-9H2,1-4H3,(H,15,16)/t12-/m0/s1. The quantitative estimate of drug-likeness (QED) is 0.805. The van der Waals surface area contributed by atoms with Gasteiger partial charge in [0.1, 0.15) is 0 Å². The van der Waals surface area contributed by atoms with Crippen LogP contribution in [-0.2, 0) is 9.53 Å². The van der Waals surface area contributed by atoms with E-state index in [1.54, 1.807) is 18.9 Å². The van der Waals surface area contributed by atoms with Crippen molar-refractivity contribution in [3.05, 3.63) is 29.3 Å². The molecule has 0 aliphatic heterocycles. The second kappa shape index (κ2) is 7.44. The van der Waals surface area contributed by atoms with Crippen molar-refractivity contribution in [2.24, 2.45) is 0 Å². The van der Waals surface area contributed by atoms with Crippen LogP contribution in [0.3, 0.4) is 0 Å². The Labute approximate surface area is 113 Å². The second-order valence-electron chi connectivity index (χ2n) is 4.48. The highest BCUT2D eigenvalue weighted by molar-refractivity contribution is 8.00. The first kappa shape index (κ1) is 15.1. The van der Waals surface area contributed by atoms with Crippen molar-refractivity contribution in [1.29, 1.82) is 0 Å². The predicted molar refractivity (Wildman–Crippen MR) is 76.1 cm³/mol. The zero-order valence-corrected chi connectivity index (χ0v) is 12.3. The normalized spacial score (nSPS) is 12.2. The number of thioether (sulfide) groups is 1. The number of carbonyl (C=O) groups excluding carboxylic acids is 1. The summed E-state index contributed by atoms with van der Waals surface area (Å²) in [7, 11) is 1.63. The fraction of sp³-hybridized carbons (Fsp3) is 0.500. The number of benzene rings is 1. The van der Waals surface area contributed by atoms with Gasteiger partial charge in [0.2, 0.25) is 5.91 Å². The molecule has 1 amide bonds. The minimum Gasteiger partial charge on any atom is -0.383 e. The number of carbonyl (C=O) groups is 1. The van der Waals surface area contributed by atoms with E-state index in [-0.39, 0.29) is 11.9 Å². The van der Waals surface area contributed by atoms with Gasteiger partial charge in [-0.05, 0) is 32.4 Å². The lowest BCUT2D eigenvalue weighted by atomic mass is 10.2. The van der Waals surface area contributed by atoms with Crippen LogP contribution in [0.25, 0.3) is 0 Å². The van der Waals surface area contributed by atoms with E-state index in [9.17, 15) is 4.79 Å². The summed E-state index contributed by atoms with van der Waals surface area (Å²) in [6.07, 6.45) is 0. The lowest BCUT2D eigenvalue weighted by Gasteiger charge is -2.13. The van der Waals surface area contributed by atoms with E-state index in [1.165, 1.54) is 16.0 Å². The molecule has 1 N–H and O–H groups in total. The SMILES string of the molecule is COC[C@H](C)NC(=O)CSc1cc(C)ccc1C. The minimum absolute atomic E-state index is 0.0467. The summed E-state index contributed by atoms with van der Waals surface area (Å²) in [5, 5.41) is 2.90. The molecule has 0 aromatic heterocycles. The van der Waals surface area contributed by atoms with Gasteiger partial charge in [-0.15, -0.1) is 11.8 Å². The molecule has 1 aromatic carbocycles. The Morgan fingerprint density at radius 2 is 2.17 bits per heavy atom. The van der Waals surface area contributed by atoms with E-state index in [2.05, 4.69) is 37.4 Å². The molecular formula is C14H21NO2S. The molecule has 1 atom stereocenters. The molecule has 0 aliphatic carbocycles. The number of methoxy groups -OCH3 is 1. The molecule has 3 nitrogen and oxygen atoms in total. The first-order valence-electron chi connectivity index (χ1n) is 6.01. The van der Waals surface area contributed by atoms with Crippen molar-refractivity contribution >= 4 is 17.7 Å². The number of amides is 1. The molecule has 0 saturated carbocycles. The maximum atomic E-state index is 11.7. The molecule has 100 valence electrons. The van der Waals surface area contributed by atoms with Crippen molar-refractivity contribution < 1.29 is 9.53 Å². The molecule has 0 fully saturated rings. The average molecular weight is 267 g/mol. The summed E-state index contributed by atoms with van der Waals surface area (Å²) in [6.45, 7) is 6.60. The van der Waals surface area contributed by atoms with Gasteiger partial charge in [-0.1, -0.05) is 17.7 Å². The fourth-order valence-electron chi connectivity index (χ4n) is 1.61. The van der Waals surface area contributed by atoms with Gasteiger partial charge < -0.3 is 10.1 Å². The Morgan fingerprint density at radius 3 is 2.83 bits per heavy atom. The summed E-state index contributed by atoms with van der Waals surface area (Å²) in [5.74, 6) is 0.490. The van der Waals surface area contributed by atoms with Crippen LogP contribution < -0.4 is 5.32 Å². The summed E-state index contributed by atoms with van der Waals surface area (Å²) in [6, 6.07) is 6.34. The summed E-state index contributed by atoms with van der Waals surface area (Å²) >= 11 is 1.58. The lowest BCUT2D eigenvalue weighted by Crippen LogP contribution is -2.36. The number of hydrogen-bond acceptors (Lipinski definition) is 3. The maximum Gasteiger partial charge on any atom is 0.230 e. The topological polar surface area (TPSA) is 38.3 Å². The molecule has 0 radical (unpaired) electrons. The molecule has 0 unspecified atom stereocenters. The monoisotopic (exact) mass is 267 g/mol. The molecule has 0 bridgehead atoms. The van der Waals surface area contributed by atoms with Gasteiger partial charge in [0.05, 0.1) is 12.4 Å². The summed E-state index contributed by atoms with van der Waals surface area (Å²) in [5.41, 5.74) is 2.43. The molecule has 1 aromatic rings. The minimum atomic E-state index is 0.0467. The van der Waals surface area contributed by atoms with Crippen molar-refractivity contribution in [2.45, 2.75) is 31.7 Å². The molecule has 18 heavy (non-hydrogen) atoms. The zero-order valence-electron chi connectivity index (χ0n) is 11.4. The molecule has 0 spiro atoms. The fourth-order valence-corrected chi connectivity index (χ4v) is 2.55. The molecule has 0 heterocycles. The predicted octanol–water partition coefficient (Wildman–Crippen LogP) is 2.55. The first-order chi connectivity index (χ1) is 8.52. The van der Waals surface area contributed by atoms with Gasteiger partial charge >= 0.3 is 0 Å².